The molecule has 1 amide bonds. The van der Waals surface area contributed by atoms with Crippen LogP contribution in [0.4, 0.5) is 10.1 Å². The molecule has 1 atom stereocenters. The van der Waals surface area contributed by atoms with Gasteiger partial charge in [0.1, 0.15) is 6.61 Å². The smallest absolute Gasteiger partial charge is 0.253 e. The maximum atomic E-state index is 13.5. The Labute approximate surface area is 248 Å². The van der Waals surface area contributed by atoms with Gasteiger partial charge in [-0.1, -0.05) is 0 Å². The van der Waals surface area contributed by atoms with Crippen molar-refractivity contribution in [2.45, 2.75) is 65.6 Å². The van der Waals surface area contributed by atoms with Crippen molar-refractivity contribution >= 4 is 11.6 Å². The Hall–Kier alpha value is -3.63. The van der Waals surface area contributed by atoms with Gasteiger partial charge in [0, 0.05) is 63.8 Å². The summed E-state index contributed by atoms with van der Waals surface area (Å²) in [5, 5.41) is 3.01. The molecule has 3 aromatic heterocycles. The molecule has 226 valence electrons. The van der Waals surface area contributed by atoms with E-state index >= 15 is 0 Å². The average Bonchev–Trinajstić information content (AvgIpc) is 2.97. The van der Waals surface area contributed by atoms with Crippen LogP contribution in [-0.2, 0) is 11.3 Å². The molecule has 0 aliphatic carbocycles. The van der Waals surface area contributed by atoms with Crippen LogP contribution in [-0.4, -0.2) is 77.8 Å². The number of nitrogens with one attached hydrogen (secondary N) is 1. The van der Waals surface area contributed by atoms with Crippen molar-refractivity contribution in [2.24, 2.45) is 0 Å². The lowest BCUT2D eigenvalue weighted by molar-refractivity contribution is 0.0943. The monoisotopic (exact) mass is 578 g/mol. The summed E-state index contributed by atoms with van der Waals surface area (Å²) in [6.45, 7) is 12.0. The second-order valence-electron chi connectivity index (χ2n) is 11.0. The van der Waals surface area contributed by atoms with Crippen molar-refractivity contribution in [1.82, 2.24) is 25.2 Å². The lowest BCUT2D eigenvalue weighted by Crippen LogP contribution is -2.48. The molecule has 42 heavy (non-hydrogen) atoms. The number of nitrogens with zero attached hydrogens (tertiary/aromatic N) is 5. The molecular formula is C32H43FN6O3. The molecule has 1 aliphatic heterocycles. The third-order valence-corrected chi connectivity index (χ3v) is 8.08. The fraction of sp³-hybridized carbons (Fsp3) is 0.500. The Morgan fingerprint density at radius 3 is 2.60 bits per heavy atom. The van der Waals surface area contributed by atoms with E-state index in [-0.39, 0.29) is 5.91 Å². The van der Waals surface area contributed by atoms with E-state index in [1.165, 1.54) is 17.2 Å². The third-order valence-electron chi connectivity index (χ3n) is 8.08. The van der Waals surface area contributed by atoms with Crippen LogP contribution in [0, 0.1) is 26.7 Å². The average molecular weight is 579 g/mol. The topological polar surface area (TPSA) is 92.7 Å². The number of amides is 1. The lowest BCUT2D eigenvalue weighted by Gasteiger charge is -2.42. The van der Waals surface area contributed by atoms with Crippen LogP contribution in [0.5, 0.6) is 5.88 Å². The van der Waals surface area contributed by atoms with Crippen LogP contribution in [0.1, 0.15) is 58.9 Å². The first-order chi connectivity index (χ1) is 20.3. The SMILES string of the molecule is COCCOc1ccc(N(Cc2cnccc2C)C2CCN(C(C)CCNC(=O)c3c(C)cc(F)nc3C)CC2)cn1. The number of aromatic nitrogens is 3. The van der Waals surface area contributed by atoms with E-state index in [4.69, 9.17) is 9.47 Å². The number of halogens is 1. The lowest BCUT2D eigenvalue weighted by atomic mass is 9.99. The first-order valence-electron chi connectivity index (χ1n) is 14.7. The van der Waals surface area contributed by atoms with Crippen molar-refractivity contribution < 1.29 is 18.7 Å². The van der Waals surface area contributed by atoms with Gasteiger partial charge in [-0.3, -0.25) is 9.78 Å². The van der Waals surface area contributed by atoms with Crippen LogP contribution in [0.2, 0.25) is 0 Å². The van der Waals surface area contributed by atoms with Gasteiger partial charge in [0.05, 0.1) is 29.7 Å². The molecule has 0 aromatic carbocycles. The Morgan fingerprint density at radius 1 is 1.14 bits per heavy atom. The van der Waals surface area contributed by atoms with Crippen LogP contribution >= 0.6 is 0 Å². The van der Waals surface area contributed by atoms with Gasteiger partial charge < -0.3 is 24.6 Å². The van der Waals surface area contributed by atoms with E-state index in [9.17, 15) is 9.18 Å². The number of methoxy groups -OCH3 is 1. The predicted octanol–water partition coefficient (Wildman–Crippen LogP) is 4.64. The van der Waals surface area contributed by atoms with Crippen LogP contribution in [0.25, 0.3) is 0 Å². The molecule has 9 nitrogen and oxygen atoms in total. The van der Waals surface area contributed by atoms with Gasteiger partial charge in [-0.15, -0.1) is 0 Å². The predicted molar refractivity (Wildman–Crippen MR) is 161 cm³/mol. The first-order valence-corrected chi connectivity index (χ1v) is 14.7. The van der Waals surface area contributed by atoms with E-state index < -0.39 is 5.95 Å². The molecule has 0 bridgehead atoms. The number of hydrogen-bond acceptors (Lipinski definition) is 8. The zero-order valence-electron chi connectivity index (χ0n) is 25.4. The number of aryl methyl sites for hydroxylation is 3. The molecular weight excluding hydrogens is 535 g/mol. The van der Waals surface area contributed by atoms with Gasteiger partial charge in [0.15, 0.2) is 0 Å². The molecule has 0 radical (unpaired) electrons. The van der Waals surface area contributed by atoms with Crippen LogP contribution in [0.15, 0.2) is 42.9 Å². The van der Waals surface area contributed by atoms with Crippen molar-refractivity contribution in [1.29, 1.82) is 0 Å². The molecule has 1 N–H and O–H groups in total. The van der Waals surface area contributed by atoms with Crippen molar-refractivity contribution in [2.75, 3.05) is 44.9 Å². The number of carbonyl (C=O) groups is 1. The summed E-state index contributed by atoms with van der Waals surface area (Å²) in [6.07, 6.45) is 8.54. The van der Waals surface area contributed by atoms with Crippen molar-refractivity contribution in [3.63, 3.8) is 0 Å². The van der Waals surface area contributed by atoms with Gasteiger partial charge in [-0.25, -0.2) is 9.97 Å². The number of piperidine rings is 1. The molecule has 4 heterocycles. The zero-order chi connectivity index (χ0) is 30.1. The molecule has 1 saturated heterocycles. The minimum absolute atomic E-state index is 0.200. The Morgan fingerprint density at radius 2 is 1.93 bits per heavy atom. The maximum absolute atomic E-state index is 13.5. The number of ether oxygens (including phenoxy) is 2. The van der Waals surface area contributed by atoms with Crippen LogP contribution < -0.4 is 15.0 Å². The summed E-state index contributed by atoms with van der Waals surface area (Å²) >= 11 is 0. The Kier molecular flexibility index (Phi) is 11.2. The fourth-order valence-corrected chi connectivity index (χ4v) is 5.57. The quantitative estimate of drug-likeness (QED) is 0.232. The molecule has 1 unspecified atom stereocenters. The van der Waals surface area contributed by atoms with E-state index in [0.717, 1.165) is 44.6 Å². The highest BCUT2D eigenvalue weighted by Crippen LogP contribution is 2.28. The zero-order valence-corrected chi connectivity index (χ0v) is 25.4. The highest BCUT2D eigenvalue weighted by atomic mass is 19.1. The summed E-state index contributed by atoms with van der Waals surface area (Å²) in [5.74, 6) is -0.175. The summed E-state index contributed by atoms with van der Waals surface area (Å²) in [6, 6.07) is 8.03. The van der Waals surface area contributed by atoms with E-state index in [1.54, 1.807) is 21.0 Å². The number of likely N-dealkylation sites (tertiary alicyclic amines) is 1. The highest BCUT2D eigenvalue weighted by molar-refractivity contribution is 5.96. The molecule has 10 heteroatoms. The molecule has 1 aliphatic rings. The maximum Gasteiger partial charge on any atom is 0.253 e. The number of pyridine rings is 3. The van der Waals surface area contributed by atoms with Crippen molar-refractivity contribution in [3.05, 3.63) is 76.8 Å². The van der Waals surface area contributed by atoms with E-state index in [0.29, 0.717) is 54.5 Å². The summed E-state index contributed by atoms with van der Waals surface area (Å²) in [4.78, 5) is 30.4. The number of hydrogen-bond donors (Lipinski definition) is 1. The van der Waals surface area contributed by atoms with Gasteiger partial charge >= 0.3 is 0 Å². The third kappa shape index (κ3) is 8.23. The second kappa shape index (κ2) is 15.0. The minimum atomic E-state index is -0.562. The summed E-state index contributed by atoms with van der Waals surface area (Å²) < 4.78 is 24.3. The molecule has 4 rings (SSSR count). The van der Waals surface area contributed by atoms with E-state index in [2.05, 4.69) is 56.0 Å². The largest absolute Gasteiger partial charge is 0.475 e. The van der Waals surface area contributed by atoms with Crippen LogP contribution in [0.3, 0.4) is 0 Å². The Bertz CT molecular complexity index is 1290. The molecule has 1 fully saturated rings. The summed E-state index contributed by atoms with van der Waals surface area (Å²) in [7, 11) is 1.65. The standard InChI is InChI=1S/C32H43FN6O3/c1-22-8-12-34-19-26(22)21-39(28-6-7-30(36-20-28)42-17-16-41-5)27-10-14-38(15-11-27)24(3)9-13-35-32(40)31-23(2)18-29(33)37-25(31)4/h6-8,12,18-20,24,27H,9-11,13-17,21H2,1-5H3,(H,35,40). The normalized spacial score (nSPS) is 14.9. The second-order valence-corrected chi connectivity index (χ2v) is 11.0. The van der Waals surface area contributed by atoms with E-state index in [1.807, 2.05) is 24.7 Å². The highest BCUT2D eigenvalue weighted by Gasteiger charge is 2.28. The molecule has 0 spiro atoms. The number of anilines is 1. The fourth-order valence-electron chi connectivity index (χ4n) is 5.57. The molecule has 0 saturated carbocycles. The first kappa shape index (κ1) is 31.3. The number of carbonyl (C=O) groups excluding carboxylic acids is 1. The van der Waals surface area contributed by atoms with Gasteiger partial charge in [0.25, 0.3) is 5.91 Å². The Balaban J connectivity index is 1.34. The van der Waals surface area contributed by atoms with Gasteiger partial charge in [0.2, 0.25) is 11.8 Å². The minimum Gasteiger partial charge on any atom is -0.475 e. The van der Waals surface area contributed by atoms with Crippen molar-refractivity contribution in [3.8, 4) is 5.88 Å². The van der Waals surface area contributed by atoms with Gasteiger partial charge in [-0.05, 0) is 81.8 Å². The van der Waals surface area contributed by atoms with Gasteiger partial charge in [-0.2, -0.15) is 4.39 Å². The number of rotatable bonds is 13. The summed E-state index contributed by atoms with van der Waals surface area (Å²) in [5.41, 5.74) is 4.95. The molecule has 3 aromatic rings.